The molecule has 1 amide bonds. The van der Waals surface area contributed by atoms with Crippen LogP contribution in [0.5, 0.6) is 0 Å². The molecule has 22 heavy (non-hydrogen) atoms. The van der Waals surface area contributed by atoms with Crippen molar-refractivity contribution in [2.24, 2.45) is 0 Å². The van der Waals surface area contributed by atoms with Gasteiger partial charge in [0.2, 0.25) is 0 Å². The molecule has 1 saturated heterocycles. The van der Waals surface area contributed by atoms with Gasteiger partial charge in [0, 0.05) is 25.1 Å². The number of hydrogen-bond acceptors (Lipinski definition) is 4. The number of carbonyl (C=O) groups excluding carboxylic acids is 1. The van der Waals surface area contributed by atoms with Crippen LogP contribution in [-0.2, 0) is 0 Å². The highest BCUT2D eigenvalue weighted by atomic mass is 32.1. The number of aryl methyl sites for hydroxylation is 1. The fourth-order valence-electron chi connectivity index (χ4n) is 3.81. The number of likely N-dealkylation sites (tertiary alicyclic amines) is 1. The Morgan fingerprint density at radius 3 is 2.73 bits per heavy atom. The van der Waals surface area contributed by atoms with Crippen molar-refractivity contribution in [3.05, 3.63) is 15.6 Å². The summed E-state index contributed by atoms with van der Waals surface area (Å²) in [6, 6.07) is 0.197. The first kappa shape index (κ1) is 15.9. The van der Waals surface area contributed by atoms with E-state index in [4.69, 9.17) is 4.98 Å². The van der Waals surface area contributed by atoms with Crippen LogP contribution in [0.25, 0.3) is 0 Å². The van der Waals surface area contributed by atoms with Gasteiger partial charge >= 0.3 is 0 Å². The Hall–Kier alpha value is -0.940. The van der Waals surface area contributed by atoms with Gasteiger partial charge in [0.1, 0.15) is 4.88 Å². The molecule has 122 valence electrons. The van der Waals surface area contributed by atoms with Crippen LogP contribution >= 0.6 is 11.3 Å². The molecular weight excluding hydrogens is 296 g/mol. The minimum atomic E-state index is 0.136. The predicted molar refractivity (Wildman–Crippen MR) is 88.4 cm³/mol. The molecule has 0 radical (unpaired) electrons. The standard InChI is InChI=1S/C17H26N2O2S/c1-12-15(22-16(18-12)13-6-2-3-7-13)17(21)19-10-5-4-8-14(19)9-11-20/h13-14,20H,2-11H2,1H3. The summed E-state index contributed by atoms with van der Waals surface area (Å²) in [6.07, 6.45) is 8.95. The highest BCUT2D eigenvalue weighted by Gasteiger charge is 2.30. The summed E-state index contributed by atoms with van der Waals surface area (Å²) in [5.41, 5.74) is 0.894. The molecule has 1 aliphatic heterocycles. The lowest BCUT2D eigenvalue weighted by atomic mass is 9.99. The van der Waals surface area contributed by atoms with Gasteiger partial charge in [0.15, 0.2) is 0 Å². The van der Waals surface area contributed by atoms with Crippen LogP contribution in [0.15, 0.2) is 0 Å². The van der Waals surface area contributed by atoms with Gasteiger partial charge in [-0.1, -0.05) is 12.8 Å². The van der Waals surface area contributed by atoms with E-state index < -0.39 is 0 Å². The smallest absolute Gasteiger partial charge is 0.266 e. The van der Waals surface area contributed by atoms with Crippen molar-refractivity contribution in [1.82, 2.24) is 9.88 Å². The number of nitrogens with zero attached hydrogens (tertiary/aromatic N) is 2. The van der Waals surface area contributed by atoms with Crippen LogP contribution in [0.2, 0.25) is 0 Å². The van der Waals surface area contributed by atoms with E-state index >= 15 is 0 Å². The summed E-state index contributed by atoms with van der Waals surface area (Å²) in [6.45, 7) is 2.94. The molecule has 1 saturated carbocycles. The first-order valence-electron chi connectivity index (χ1n) is 8.60. The molecule has 0 bridgehead atoms. The van der Waals surface area contributed by atoms with Gasteiger partial charge < -0.3 is 10.0 Å². The topological polar surface area (TPSA) is 53.4 Å². The maximum atomic E-state index is 12.9. The summed E-state index contributed by atoms with van der Waals surface area (Å²) in [4.78, 5) is 20.5. The summed E-state index contributed by atoms with van der Waals surface area (Å²) < 4.78 is 0. The zero-order valence-electron chi connectivity index (χ0n) is 13.4. The number of carbonyl (C=O) groups is 1. The van der Waals surface area contributed by atoms with E-state index in [9.17, 15) is 9.90 Å². The number of rotatable bonds is 4. The molecule has 2 heterocycles. The van der Waals surface area contributed by atoms with Crippen LogP contribution in [0, 0.1) is 6.92 Å². The van der Waals surface area contributed by atoms with Gasteiger partial charge in [-0.05, 0) is 45.4 Å². The summed E-state index contributed by atoms with van der Waals surface area (Å²) >= 11 is 1.61. The predicted octanol–water partition coefficient (Wildman–Crippen LogP) is 3.49. The van der Waals surface area contributed by atoms with Crippen molar-refractivity contribution in [3.63, 3.8) is 0 Å². The number of aliphatic hydroxyl groups is 1. The maximum absolute atomic E-state index is 12.9. The number of amides is 1. The molecule has 3 rings (SSSR count). The molecule has 1 aromatic heterocycles. The van der Waals surface area contributed by atoms with Crippen LogP contribution < -0.4 is 0 Å². The fourth-order valence-corrected chi connectivity index (χ4v) is 5.00. The second-order valence-electron chi connectivity index (χ2n) is 6.61. The van der Waals surface area contributed by atoms with Crippen molar-refractivity contribution in [2.45, 2.75) is 70.3 Å². The number of aromatic nitrogens is 1. The zero-order valence-corrected chi connectivity index (χ0v) is 14.2. The zero-order chi connectivity index (χ0) is 15.5. The molecule has 1 unspecified atom stereocenters. The third-order valence-electron chi connectivity index (χ3n) is 5.06. The second-order valence-corrected chi connectivity index (χ2v) is 7.64. The van der Waals surface area contributed by atoms with E-state index in [-0.39, 0.29) is 18.6 Å². The number of piperidine rings is 1. The SMILES string of the molecule is Cc1nc(C2CCCC2)sc1C(=O)N1CCCCC1CCO. The van der Waals surface area contributed by atoms with Gasteiger partial charge in [-0.2, -0.15) is 0 Å². The Bertz CT molecular complexity index is 521. The quantitative estimate of drug-likeness (QED) is 0.923. The average molecular weight is 322 g/mol. The van der Waals surface area contributed by atoms with E-state index in [1.54, 1.807) is 11.3 Å². The molecule has 0 aromatic carbocycles. The van der Waals surface area contributed by atoms with Crippen LogP contribution in [0.3, 0.4) is 0 Å². The van der Waals surface area contributed by atoms with Gasteiger partial charge in [-0.3, -0.25) is 4.79 Å². The minimum Gasteiger partial charge on any atom is -0.396 e. The molecule has 1 N–H and O–H groups in total. The summed E-state index contributed by atoms with van der Waals surface area (Å²) in [7, 11) is 0. The van der Waals surface area contributed by atoms with Crippen molar-refractivity contribution >= 4 is 17.2 Å². The Kier molecular flexibility index (Phi) is 5.14. The lowest BCUT2D eigenvalue weighted by Crippen LogP contribution is -2.44. The van der Waals surface area contributed by atoms with E-state index in [1.165, 1.54) is 25.7 Å². The monoisotopic (exact) mass is 322 g/mol. The maximum Gasteiger partial charge on any atom is 0.266 e. The fraction of sp³-hybridized carbons (Fsp3) is 0.765. The highest BCUT2D eigenvalue weighted by Crippen LogP contribution is 2.37. The van der Waals surface area contributed by atoms with Gasteiger partial charge in [0.25, 0.3) is 5.91 Å². The number of thiazole rings is 1. The molecule has 2 fully saturated rings. The molecule has 1 aliphatic carbocycles. The van der Waals surface area contributed by atoms with Crippen LogP contribution in [-0.4, -0.2) is 40.1 Å². The Morgan fingerprint density at radius 1 is 1.27 bits per heavy atom. The van der Waals surface area contributed by atoms with Crippen molar-refractivity contribution < 1.29 is 9.90 Å². The van der Waals surface area contributed by atoms with Crippen LogP contribution in [0.4, 0.5) is 0 Å². The van der Waals surface area contributed by atoms with Gasteiger partial charge in [0.05, 0.1) is 10.7 Å². The third-order valence-corrected chi connectivity index (χ3v) is 6.37. The van der Waals surface area contributed by atoms with E-state index in [2.05, 4.69) is 0 Å². The molecule has 1 aromatic rings. The van der Waals surface area contributed by atoms with E-state index in [0.29, 0.717) is 12.3 Å². The van der Waals surface area contributed by atoms with E-state index in [1.807, 2.05) is 11.8 Å². The Labute approximate surface area is 136 Å². The second kappa shape index (κ2) is 7.09. The van der Waals surface area contributed by atoms with E-state index in [0.717, 1.165) is 41.4 Å². The molecule has 2 aliphatic rings. The molecule has 0 spiro atoms. The number of aliphatic hydroxyl groups excluding tert-OH is 1. The summed E-state index contributed by atoms with van der Waals surface area (Å²) in [5, 5.41) is 10.4. The third kappa shape index (κ3) is 3.20. The van der Waals surface area contributed by atoms with Crippen molar-refractivity contribution in [2.75, 3.05) is 13.2 Å². The van der Waals surface area contributed by atoms with Crippen molar-refractivity contribution in [1.29, 1.82) is 0 Å². The molecule has 5 heteroatoms. The molecule has 4 nitrogen and oxygen atoms in total. The lowest BCUT2D eigenvalue weighted by Gasteiger charge is -2.35. The van der Waals surface area contributed by atoms with Gasteiger partial charge in [-0.25, -0.2) is 4.98 Å². The van der Waals surface area contributed by atoms with Crippen LogP contribution in [0.1, 0.15) is 77.7 Å². The summed E-state index contributed by atoms with van der Waals surface area (Å²) in [5.74, 6) is 0.706. The van der Waals surface area contributed by atoms with Gasteiger partial charge in [-0.15, -0.1) is 11.3 Å². The Morgan fingerprint density at radius 2 is 2.00 bits per heavy atom. The molecule has 1 atom stereocenters. The average Bonchev–Trinajstić information content (AvgIpc) is 3.17. The molecular formula is C17H26N2O2S. The first-order valence-corrected chi connectivity index (χ1v) is 9.41. The minimum absolute atomic E-state index is 0.136. The normalized spacial score (nSPS) is 23.2. The first-order chi connectivity index (χ1) is 10.7. The Balaban J connectivity index is 1.78. The highest BCUT2D eigenvalue weighted by molar-refractivity contribution is 7.13. The lowest BCUT2D eigenvalue weighted by molar-refractivity contribution is 0.0578. The number of hydrogen-bond donors (Lipinski definition) is 1. The largest absolute Gasteiger partial charge is 0.396 e. The van der Waals surface area contributed by atoms with Crippen molar-refractivity contribution in [3.8, 4) is 0 Å².